The number of fused-ring (bicyclic) bond motifs is 3. The lowest BCUT2D eigenvalue weighted by Crippen LogP contribution is -2.59. The molecule has 3 fully saturated rings. The van der Waals surface area contributed by atoms with Crippen molar-refractivity contribution in [2.45, 2.75) is 58.0 Å². The number of aromatic nitrogens is 1. The van der Waals surface area contributed by atoms with Crippen molar-refractivity contribution in [3.8, 4) is 10.4 Å². The summed E-state index contributed by atoms with van der Waals surface area (Å²) in [6, 6.07) is 20.7. The summed E-state index contributed by atoms with van der Waals surface area (Å²) in [6.45, 7) is 5.77. The third kappa shape index (κ3) is 6.47. The molecule has 2 aromatic heterocycles. The van der Waals surface area contributed by atoms with Crippen LogP contribution >= 0.6 is 11.3 Å². The number of nitrogens with one attached hydrogen (secondary N) is 2. The van der Waals surface area contributed by atoms with E-state index in [1.165, 1.54) is 11.3 Å². The Morgan fingerprint density at radius 2 is 1.72 bits per heavy atom. The van der Waals surface area contributed by atoms with Gasteiger partial charge in [0.05, 0.1) is 16.3 Å². The van der Waals surface area contributed by atoms with Crippen molar-refractivity contribution in [3.05, 3.63) is 89.1 Å². The fourth-order valence-corrected chi connectivity index (χ4v) is 8.83. The normalized spacial score (nSPS) is 18.1. The molecule has 0 bridgehead atoms. The van der Waals surface area contributed by atoms with Gasteiger partial charge in [0.25, 0.3) is 11.8 Å². The smallest absolute Gasteiger partial charge is 0.412 e. The first-order valence-electron chi connectivity index (χ1n) is 17.6. The lowest BCUT2D eigenvalue weighted by molar-refractivity contribution is -0.000519. The molecule has 1 saturated carbocycles. The molecule has 11 heteroatoms. The Morgan fingerprint density at radius 1 is 0.960 bits per heavy atom. The first-order chi connectivity index (χ1) is 24.3. The van der Waals surface area contributed by atoms with E-state index in [1.54, 1.807) is 24.3 Å². The van der Waals surface area contributed by atoms with Crippen LogP contribution in [-0.2, 0) is 15.9 Å². The SMILES string of the molecule is Cc1ccc(C(=O)Nc2ccc(C(=O)N3CCc4cc(NC(=O)OC5CCCC5)sc4-c4ccccc43)cc2)c(N2CC3(CCOCC3)C2)n1. The average molecular weight is 692 g/mol. The molecule has 0 atom stereocenters. The van der Waals surface area contributed by atoms with E-state index in [0.29, 0.717) is 35.6 Å². The molecule has 1 aliphatic carbocycles. The molecule has 3 aliphatic heterocycles. The van der Waals surface area contributed by atoms with Crippen molar-refractivity contribution in [2.75, 3.05) is 53.3 Å². The van der Waals surface area contributed by atoms with Crippen LogP contribution in [0.4, 0.5) is 27.0 Å². The summed E-state index contributed by atoms with van der Waals surface area (Å²) in [7, 11) is 0. The summed E-state index contributed by atoms with van der Waals surface area (Å²) < 4.78 is 11.2. The van der Waals surface area contributed by atoms with Crippen molar-refractivity contribution in [1.29, 1.82) is 0 Å². The van der Waals surface area contributed by atoms with Crippen molar-refractivity contribution in [3.63, 3.8) is 0 Å². The van der Waals surface area contributed by atoms with Crippen LogP contribution in [0.2, 0.25) is 0 Å². The summed E-state index contributed by atoms with van der Waals surface area (Å²) in [5, 5.41) is 6.70. The first-order valence-corrected chi connectivity index (χ1v) is 18.4. The number of ether oxygens (including phenoxy) is 2. The Balaban J connectivity index is 0.950. The van der Waals surface area contributed by atoms with Gasteiger partial charge in [0, 0.05) is 65.6 Å². The highest BCUT2D eigenvalue weighted by atomic mass is 32.1. The molecule has 2 N–H and O–H groups in total. The third-order valence-corrected chi connectivity index (χ3v) is 11.6. The van der Waals surface area contributed by atoms with Crippen molar-refractivity contribution >= 4 is 51.4 Å². The molecule has 3 amide bonds. The average Bonchev–Trinajstić information content (AvgIpc) is 3.74. The quantitative estimate of drug-likeness (QED) is 0.213. The highest BCUT2D eigenvalue weighted by molar-refractivity contribution is 7.19. The minimum atomic E-state index is -0.409. The fourth-order valence-electron chi connectivity index (χ4n) is 7.70. The number of carbonyl (C=O) groups is 3. The van der Waals surface area contributed by atoms with Crippen LogP contribution in [0.25, 0.3) is 10.4 Å². The summed E-state index contributed by atoms with van der Waals surface area (Å²) in [4.78, 5) is 49.9. The molecule has 5 heterocycles. The number of amides is 3. The zero-order valence-corrected chi connectivity index (χ0v) is 29.0. The maximum Gasteiger partial charge on any atom is 0.412 e. The second-order valence-electron chi connectivity index (χ2n) is 13.9. The number of nitrogens with zero attached hydrogens (tertiary/aromatic N) is 3. The molecule has 4 aromatic rings. The summed E-state index contributed by atoms with van der Waals surface area (Å²) in [6.07, 6.45) is 6.34. The molecular formula is C39H41N5O5S. The van der Waals surface area contributed by atoms with Gasteiger partial charge in [-0.25, -0.2) is 9.78 Å². The van der Waals surface area contributed by atoms with E-state index in [2.05, 4.69) is 15.5 Å². The fraction of sp³-hybridized carbons (Fsp3) is 0.385. The number of benzene rings is 2. The Morgan fingerprint density at radius 3 is 2.50 bits per heavy atom. The number of para-hydroxylation sites is 1. The maximum absolute atomic E-state index is 14.0. The van der Waals surface area contributed by atoms with E-state index in [9.17, 15) is 14.4 Å². The third-order valence-electron chi connectivity index (χ3n) is 10.5. The lowest BCUT2D eigenvalue weighted by atomic mass is 9.73. The number of aryl methyl sites for hydroxylation is 1. The molecule has 4 aliphatic rings. The highest BCUT2D eigenvalue weighted by Gasteiger charge is 2.45. The van der Waals surface area contributed by atoms with E-state index in [1.807, 2.05) is 54.3 Å². The number of hydrogen-bond donors (Lipinski definition) is 2. The van der Waals surface area contributed by atoms with Crippen molar-refractivity contribution < 1.29 is 23.9 Å². The Hall–Kier alpha value is -4.74. The number of rotatable bonds is 6. The van der Waals surface area contributed by atoms with E-state index in [0.717, 1.165) is 97.2 Å². The van der Waals surface area contributed by atoms with Gasteiger partial charge in [-0.3, -0.25) is 14.9 Å². The van der Waals surface area contributed by atoms with Gasteiger partial charge in [-0.2, -0.15) is 0 Å². The Kier molecular flexibility index (Phi) is 8.78. The predicted octanol–water partition coefficient (Wildman–Crippen LogP) is 7.68. The number of hydrogen-bond acceptors (Lipinski definition) is 8. The van der Waals surface area contributed by atoms with Gasteiger partial charge in [-0.1, -0.05) is 18.2 Å². The Bertz CT molecular complexity index is 1920. The number of thiophene rings is 1. The second kappa shape index (κ2) is 13.5. The van der Waals surface area contributed by atoms with Gasteiger partial charge < -0.3 is 24.6 Å². The van der Waals surface area contributed by atoms with Crippen LogP contribution in [0.5, 0.6) is 0 Å². The van der Waals surface area contributed by atoms with Gasteiger partial charge in [0.15, 0.2) is 0 Å². The molecule has 2 aromatic carbocycles. The lowest BCUT2D eigenvalue weighted by Gasteiger charge is -2.53. The summed E-state index contributed by atoms with van der Waals surface area (Å²) in [5.74, 6) is 0.369. The minimum Gasteiger partial charge on any atom is -0.446 e. The minimum absolute atomic E-state index is 0.00238. The van der Waals surface area contributed by atoms with Crippen LogP contribution in [-0.4, -0.2) is 61.8 Å². The van der Waals surface area contributed by atoms with Crippen molar-refractivity contribution in [2.24, 2.45) is 5.41 Å². The van der Waals surface area contributed by atoms with E-state index in [4.69, 9.17) is 14.5 Å². The largest absolute Gasteiger partial charge is 0.446 e. The molecule has 8 rings (SSSR count). The van der Waals surface area contributed by atoms with Crippen LogP contribution < -0.4 is 20.4 Å². The number of anilines is 4. The van der Waals surface area contributed by atoms with Crippen LogP contribution in [0.1, 0.15) is 70.5 Å². The van der Waals surface area contributed by atoms with E-state index >= 15 is 0 Å². The summed E-state index contributed by atoms with van der Waals surface area (Å²) >= 11 is 1.50. The van der Waals surface area contributed by atoms with Crippen molar-refractivity contribution in [1.82, 2.24) is 4.98 Å². The number of pyridine rings is 1. The second-order valence-corrected chi connectivity index (χ2v) is 15.0. The zero-order chi connectivity index (χ0) is 34.2. The topological polar surface area (TPSA) is 113 Å². The zero-order valence-electron chi connectivity index (χ0n) is 28.2. The highest BCUT2D eigenvalue weighted by Crippen LogP contribution is 2.44. The number of carbonyl (C=O) groups excluding carboxylic acids is 3. The molecule has 2 saturated heterocycles. The predicted molar refractivity (Wildman–Crippen MR) is 196 cm³/mol. The molecule has 10 nitrogen and oxygen atoms in total. The van der Waals surface area contributed by atoms with Crippen LogP contribution in [0.3, 0.4) is 0 Å². The monoisotopic (exact) mass is 691 g/mol. The van der Waals surface area contributed by atoms with Gasteiger partial charge >= 0.3 is 6.09 Å². The van der Waals surface area contributed by atoms with Gasteiger partial charge in [-0.15, -0.1) is 11.3 Å². The summed E-state index contributed by atoms with van der Waals surface area (Å²) in [5.41, 5.74) is 5.65. The molecule has 1 spiro atoms. The standard InChI is InChI=1S/C39H41N5O5S/c1-25-10-15-31(35(40-25)43-23-39(24-43)17-20-48-21-18-39)36(45)41-28-13-11-26(12-14-28)37(46)44-19-16-27-22-33(42-38(47)49-29-6-2-3-7-29)50-34(27)30-8-4-5-9-32(30)44/h4-5,8-15,22,29H,2-3,6-7,16-21,23-24H2,1H3,(H,41,45)(H,42,47). The van der Waals surface area contributed by atoms with E-state index < -0.39 is 6.09 Å². The van der Waals surface area contributed by atoms with Gasteiger partial charge in [-0.05, 0) is 106 Å². The van der Waals surface area contributed by atoms with E-state index in [-0.39, 0.29) is 23.3 Å². The molecule has 0 radical (unpaired) electrons. The molecule has 258 valence electrons. The first kappa shape index (κ1) is 32.5. The molecule has 50 heavy (non-hydrogen) atoms. The Labute approximate surface area is 295 Å². The van der Waals surface area contributed by atoms with Crippen LogP contribution in [0.15, 0.2) is 66.7 Å². The molecular weight excluding hydrogens is 651 g/mol. The van der Waals surface area contributed by atoms with Gasteiger partial charge in [0.2, 0.25) is 0 Å². The van der Waals surface area contributed by atoms with Gasteiger partial charge in [0.1, 0.15) is 11.9 Å². The van der Waals surface area contributed by atoms with Crippen LogP contribution in [0, 0.1) is 12.3 Å². The molecule has 0 unspecified atom stereocenters. The maximum atomic E-state index is 14.0.